The maximum Gasteiger partial charge on any atom is 0.147 e. The Kier molecular flexibility index (Phi) is 6.18. The summed E-state index contributed by atoms with van der Waals surface area (Å²) in [5.74, 6) is -0.681. The number of hydrogen-bond donors (Lipinski definition) is 4. The molecular weight excluding hydrogens is 376 g/mol. The van der Waals surface area contributed by atoms with Crippen LogP contribution in [0.4, 0.5) is 11.4 Å². The van der Waals surface area contributed by atoms with Crippen LogP contribution < -0.4 is 11.5 Å². The Morgan fingerprint density at radius 2 is 1.03 bits per heavy atom. The zero-order valence-corrected chi connectivity index (χ0v) is 19.4. The first-order valence-corrected chi connectivity index (χ1v) is 10.3. The van der Waals surface area contributed by atoms with Crippen LogP contribution in [-0.4, -0.2) is 16.0 Å². The largest absolute Gasteiger partial charge is 0.505 e. The molecule has 0 aliphatic carbocycles. The highest BCUT2D eigenvalue weighted by molar-refractivity contribution is 5.92. The summed E-state index contributed by atoms with van der Waals surface area (Å²) >= 11 is 0. The molecular formula is C25H36N2O3. The Morgan fingerprint density at radius 1 is 0.733 bits per heavy atom. The first-order valence-electron chi connectivity index (χ1n) is 10.3. The normalized spacial score (nSPS) is 14.4. The van der Waals surface area contributed by atoms with Gasteiger partial charge in [0.1, 0.15) is 17.3 Å². The molecule has 0 saturated carbocycles. The molecule has 0 aromatic heterocycles. The molecule has 164 valence electrons. The summed E-state index contributed by atoms with van der Waals surface area (Å²) in [6, 6.07) is 7.08. The number of aromatic hydroxyl groups is 2. The standard InChI is InChI=1S/C25H36N2O3/c1-13(15-9-17(24(3,4)5)22(29)19(26)11-15)21(28)14(2)16-10-18(25(6,7)8)23(30)20(27)12-16/h9-14,29-30H,26-27H2,1-8H3. The van der Waals surface area contributed by atoms with Crippen molar-refractivity contribution in [2.45, 2.75) is 78.1 Å². The van der Waals surface area contributed by atoms with Gasteiger partial charge in [-0.1, -0.05) is 67.5 Å². The van der Waals surface area contributed by atoms with Crippen LogP contribution >= 0.6 is 0 Å². The third kappa shape index (κ3) is 4.55. The number of nitrogen functional groups attached to an aromatic ring is 2. The number of phenolic OH excluding ortho intramolecular Hbond substituents is 2. The van der Waals surface area contributed by atoms with Crippen molar-refractivity contribution in [1.29, 1.82) is 0 Å². The molecule has 0 aliphatic rings. The van der Waals surface area contributed by atoms with E-state index in [0.29, 0.717) is 11.1 Å². The van der Waals surface area contributed by atoms with Crippen molar-refractivity contribution in [3.8, 4) is 11.5 Å². The monoisotopic (exact) mass is 412 g/mol. The van der Waals surface area contributed by atoms with Gasteiger partial charge in [-0.15, -0.1) is 0 Å². The van der Waals surface area contributed by atoms with Gasteiger partial charge in [0.25, 0.3) is 0 Å². The van der Waals surface area contributed by atoms with Crippen LogP contribution in [0.2, 0.25) is 0 Å². The Bertz CT molecular complexity index is 888. The van der Waals surface area contributed by atoms with Crippen molar-refractivity contribution in [3.63, 3.8) is 0 Å². The number of anilines is 2. The summed E-state index contributed by atoms with van der Waals surface area (Å²) < 4.78 is 0. The minimum atomic E-state index is -0.419. The van der Waals surface area contributed by atoms with Gasteiger partial charge in [-0.2, -0.15) is 0 Å². The van der Waals surface area contributed by atoms with Crippen LogP contribution in [0.1, 0.15) is 89.5 Å². The van der Waals surface area contributed by atoms with E-state index in [1.165, 1.54) is 0 Å². The van der Waals surface area contributed by atoms with E-state index in [4.69, 9.17) is 11.5 Å². The number of benzene rings is 2. The molecule has 5 nitrogen and oxygen atoms in total. The lowest BCUT2D eigenvalue weighted by Gasteiger charge is -2.26. The van der Waals surface area contributed by atoms with Gasteiger partial charge in [0.05, 0.1) is 11.4 Å². The van der Waals surface area contributed by atoms with E-state index in [9.17, 15) is 15.0 Å². The summed E-state index contributed by atoms with van der Waals surface area (Å²) in [5.41, 5.74) is 15.0. The van der Waals surface area contributed by atoms with E-state index in [1.54, 1.807) is 12.1 Å². The molecule has 2 atom stereocenters. The lowest BCUT2D eigenvalue weighted by molar-refractivity contribution is -0.121. The Balaban J connectivity index is 2.47. The number of carbonyl (C=O) groups is 1. The van der Waals surface area contributed by atoms with Crippen LogP contribution in [-0.2, 0) is 15.6 Å². The lowest BCUT2D eigenvalue weighted by atomic mass is 9.79. The molecule has 5 heteroatoms. The van der Waals surface area contributed by atoms with Gasteiger partial charge in [0, 0.05) is 23.0 Å². The summed E-state index contributed by atoms with van der Waals surface area (Å²) in [7, 11) is 0. The van der Waals surface area contributed by atoms with Crippen molar-refractivity contribution in [2.24, 2.45) is 0 Å². The van der Waals surface area contributed by atoms with Gasteiger partial charge >= 0.3 is 0 Å². The van der Waals surface area contributed by atoms with Gasteiger partial charge in [-0.05, 0) is 34.1 Å². The third-order valence-corrected chi connectivity index (χ3v) is 5.79. The molecule has 2 rings (SSSR count). The molecule has 0 fully saturated rings. The minimum absolute atomic E-state index is 0.0184. The zero-order chi connectivity index (χ0) is 23.2. The molecule has 0 spiro atoms. The van der Waals surface area contributed by atoms with Crippen LogP contribution in [0.25, 0.3) is 0 Å². The topological polar surface area (TPSA) is 110 Å². The van der Waals surface area contributed by atoms with Crippen molar-refractivity contribution in [2.75, 3.05) is 11.5 Å². The van der Waals surface area contributed by atoms with Crippen LogP contribution in [0, 0.1) is 0 Å². The van der Waals surface area contributed by atoms with Crippen molar-refractivity contribution in [3.05, 3.63) is 46.5 Å². The Labute approximate surface area is 180 Å². The first kappa shape index (κ1) is 23.6. The molecule has 0 bridgehead atoms. The molecule has 2 aromatic rings. The van der Waals surface area contributed by atoms with E-state index in [0.717, 1.165) is 11.1 Å². The SMILES string of the molecule is CC(C(=O)C(C)c1cc(N)c(O)c(C(C)(C)C)c1)c1cc(N)c(O)c(C(C)(C)C)c1. The zero-order valence-electron chi connectivity index (χ0n) is 19.4. The van der Waals surface area contributed by atoms with Gasteiger partial charge in [0.2, 0.25) is 0 Å². The maximum atomic E-state index is 13.4. The van der Waals surface area contributed by atoms with Crippen molar-refractivity contribution >= 4 is 17.2 Å². The smallest absolute Gasteiger partial charge is 0.147 e. The first-order chi connectivity index (χ1) is 13.6. The molecule has 2 aromatic carbocycles. The third-order valence-electron chi connectivity index (χ3n) is 5.79. The average molecular weight is 413 g/mol. The van der Waals surface area contributed by atoms with E-state index in [1.807, 2.05) is 67.5 Å². The molecule has 6 N–H and O–H groups in total. The number of carbonyl (C=O) groups excluding carboxylic acids is 1. The second-order valence-corrected chi connectivity index (χ2v) is 10.4. The predicted molar refractivity (Wildman–Crippen MR) is 124 cm³/mol. The summed E-state index contributed by atoms with van der Waals surface area (Å²) in [5, 5.41) is 20.8. The lowest BCUT2D eigenvalue weighted by Crippen LogP contribution is -2.20. The molecule has 30 heavy (non-hydrogen) atoms. The van der Waals surface area contributed by atoms with Gasteiger partial charge in [-0.3, -0.25) is 4.79 Å². The van der Waals surface area contributed by atoms with Crippen molar-refractivity contribution < 1.29 is 15.0 Å². The average Bonchev–Trinajstić information content (AvgIpc) is 2.62. The Hall–Kier alpha value is -2.69. The molecule has 0 heterocycles. The highest BCUT2D eigenvalue weighted by atomic mass is 16.3. The Morgan fingerprint density at radius 3 is 1.30 bits per heavy atom. The van der Waals surface area contributed by atoms with E-state index in [2.05, 4.69) is 0 Å². The van der Waals surface area contributed by atoms with Crippen LogP contribution in [0.15, 0.2) is 24.3 Å². The fraction of sp³-hybridized carbons (Fsp3) is 0.480. The fourth-order valence-electron chi connectivity index (χ4n) is 3.71. The van der Waals surface area contributed by atoms with Gasteiger partial charge < -0.3 is 21.7 Å². The molecule has 2 unspecified atom stereocenters. The second-order valence-electron chi connectivity index (χ2n) is 10.4. The summed E-state index contributed by atoms with van der Waals surface area (Å²) in [6.07, 6.45) is 0. The maximum absolute atomic E-state index is 13.4. The van der Waals surface area contributed by atoms with Gasteiger partial charge in [0.15, 0.2) is 0 Å². The highest BCUT2D eigenvalue weighted by Crippen LogP contribution is 2.41. The van der Waals surface area contributed by atoms with E-state index >= 15 is 0 Å². The minimum Gasteiger partial charge on any atom is -0.505 e. The molecule has 0 aliphatic heterocycles. The predicted octanol–water partition coefficient (Wildman–Crippen LogP) is 5.33. The van der Waals surface area contributed by atoms with Crippen molar-refractivity contribution in [1.82, 2.24) is 0 Å². The fourth-order valence-corrected chi connectivity index (χ4v) is 3.71. The summed E-state index contributed by atoms with van der Waals surface area (Å²) in [4.78, 5) is 13.4. The molecule has 0 saturated heterocycles. The number of Topliss-reactive ketones (excluding diaryl/α,β-unsaturated/α-hetero) is 1. The number of rotatable bonds is 4. The van der Waals surface area contributed by atoms with Gasteiger partial charge in [-0.25, -0.2) is 0 Å². The van der Waals surface area contributed by atoms with Crippen LogP contribution in [0.5, 0.6) is 11.5 Å². The summed E-state index contributed by atoms with van der Waals surface area (Å²) in [6.45, 7) is 15.7. The highest BCUT2D eigenvalue weighted by Gasteiger charge is 2.29. The van der Waals surface area contributed by atoms with E-state index in [-0.39, 0.29) is 39.5 Å². The second kappa shape index (κ2) is 7.86. The van der Waals surface area contributed by atoms with Crippen LogP contribution in [0.3, 0.4) is 0 Å². The molecule has 0 amide bonds. The number of ketones is 1. The van der Waals surface area contributed by atoms with E-state index < -0.39 is 11.8 Å². The number of hydrogen-bond acceptors (Lipinski definition) is 5. The quantitative estimate of drug-likeness (QED) is 0.400. The molecule has 0 radical (unpaired) electrons. The number of nitrogens with two attached hydrogens (primary N) is 2. The number of phenols is 2.